The minimum absolute atomic E-state index is 0.298. The summed E-state index contributed by atoms with van der Waals surface area (Å²) < 4.78 is 26.9. The van der Waals surface area contributed by atoms with E-state index in [1.165, 1.54) is 0 Å². The van der Waals surface area contributed by atoms with E-state index in [2.05, 4.69) is 0 Å². The van der Waals surface area contributed by atoms with Gasteiger partial charge in [0.15, 0.2) is 0 Å². The summed E-state index contributed by atoms with van der Waals surface area (Å²) in [5, 5.41) is -0.422. The number of esters is 1. The highest BCUT2D eigenvalue weighted by atomic mass is 32.7. The first-order valence-electron chi connectivity index (χ1n) is 4.85. The molecule has 1 fully saturated rings. The molecule has 1 aliphatic rings. The summed E-state index contributed by atoms with van der Waals surface area (Å²) in [7, 11) is 0. The molecule has 7 heteroatoms. The molecule has 0 aromatic heterocycles. The maximum Gasteiger partial charge on any atom is 0.389 e. The zero-order valence-electron chi connectivity index (χ0n) is 8.80. The Morgan fingerprint density at radius 2 is 2.07 bits per heavy atom. The summed E-state index contributed by atoms with van der Waals surface area (Å²) in [5.74, 6) is -0.334. The molecule has 1 heterocycles. The summed E-state index contributed by atoms with van der Waals surface area (Å²) in [4.78, 5) is 11.2. The molecule has 0 aromatic rings. The highest BCUT2D eigenvalue weighted by Gasteiger charge is 2.37. The highest BCUT2D eigenvalue weighted by molar-refractivity contribution is 8.55. The molecule has 5 nitrogen and oxygen atoms in total. The van der Waals surface area contributed by atoms with Gasteiger partial charge in [-0.05, 0) is 25.2 Å². The second kappa shape index (κ2) is 5.89. The molecule has 0 amide bonds. The minimum Gasteiger partial charge on any atom is -0.465 e. The van der Waals surface area contributed by atoms with Gasteiger partial charge in [0.25, 0.3) is 0 Å². The summed E-state index contributed by atoms with van der Waals surface area (Å²) in [6, 6.07) is 0. The van der Waals surface area contributed by atoms with Crippen LogP contribution < -0.4 is 0 Å². The number of carbonyl (C=O) groups excluding carboxylic acids is 1. The molecular weight excluding hydrogens is 239 g/mol. The quantitative estimate of drug-likeness (QED) is 0.535. The van der Waals surface area contributed by atoms with E-state index in [1.807, 2.05) is 0 Å². The molecule has 1 atom stereocenters. The van der Waals surface area contributed by atoms with Crippen molar-refractivity contribution in [2.45, 2.75) is 25.5 Å². The van der Waals surface area contributed by atoms with Crippen molar-refractivity contribution in [2.24, 2.45) is 0 Å². The van der Waals surface area contributed by atoms with Crippen LogP contribution in [-0.4, -0.2) is 31.0 Å². The number of hydrogen-bond acceptors (Lipinski definition) is 6. The van der Waals surface area contributed by atoms with Gasteiger partial charge in [-0.1, -0.05) is 0 Å². The molecule has 0 N–H and O–H groups in total. The minimum atomic E-state index is -3.19. The fourth-order valence-corrected chi connectivity index (χ4v) is 5.15. The molecule has 0 saturated carbocycles. The zero-order valence-corrected chi connectivity index (χ0v) is 10.5. The highest BCUT2D eigenvalue weighted by Crippen LogP contribution is 2.63. The van der Waals surface area contributed by atoms with Crippen LogP contribution in [0.2, 0.25) is 0 Å². The molecular formula is C8H15O5PS. The Balaban J connectivity index is 2.57. The standard InChI is InChI=1S/C8H15O5PS/c1-3-12-14(10,13-4-2)15-7-5-6-11-8(7)9/h7H,3-6H2,1-2H3. The Bertz CT molecular complexity index is 260. The first-order valence-corrected chi connectivity index (χ1v) is 7.88. The lowest BCUT2D eigenvalue weighted by molar-refractivity contribution is -0.137. The first-order chi connectivity index (χ1) is 7.11. The summed E-state index contributed by atoms with van der Waals surface area (Å²) >= 11 is 0.948. The molecule has 1 rings (SSSR count). The molecule has 0 spiro atoms. The molecule has 0 radical (unpaired) electrons. The van der Waals surface area contributed by atoms with E-state index in [0.717, 1.165) is 11.4 Å². The van der Waals surface area contributed by atoms with Crippen LogP contribution in [0.5, 0.6) is 0 Å². The van der Waals surface area contributed by atoms with E-state index in [9.17, 15) is 9.36 Å². The lowest BCUT2D eigenvalue weighted by Gasteiger charge is -2.17. The zero-order chi connectivity index (χ0) is 11.3. The lowest BCUT2D eigenvalue weighted by Crippen LogP contribution is -2.10. The topological polar surface area (TPSA) is 61.8 Å². The van der Waals surface area contributed by atoms with Gasteiger partial charge in [0.05, 0.1) is 19.8 Å². The Morgan fingerprint density at radius 1 is 1.47 bits per heavy atom. The van der Waals surface area contributed by atoms with Crippen molar-refractivity contribution in [3.63, 3.8) is 0 Å². The average molecular weight is 254 g/mol. The largest absolute Gasteiger partial charge is 0.465 e. The predicted molar refractivity (Wildman–Crippen MR) is 57.8 cm³/mol. The summed E-state index contributed by atoms with van der Waals surface area (Å²) in [6.45, 7) is 1.26. The van der Waals surface area contributed by atoms with Crippen molar-refractivity contribution < 1.29 is 23.1 Å². The van der Waals surface area contributed by atoms with Crippen molar-refractivity contribution in [1.29, 1.82) is 0 Å². The summed E-state index contributed by atoms with van der Waals surface area (Å²) in [5.41, 5.74) is 0. The van der Waals surface area contributed by atoms with Crippen LogP contribution in [-0.2, 0) is 23.1 Å². The fourth-order valence-electron chi connectivity index (χ4n) is 1.14. The van der Waals surface area contributed by atoms with Crippen LogP contribution in [0.25, 0.3) is 0 Å². The Labute approximate surface area is 93.1 Å². The molecule has 0 aliphatic carbocycles. The smallest absolute Gasteiger partial charge is 0.389 e. The molecule has 88 valence electrons. The van der Waals surface area contributed by atoms with E-state index in [0.29, 0.717) is 26.2 Å². The molecule has 0 aromatic carbocycles. The molecule has 1 aliphatic heterocycles. The maximum absolute atomic E-state index is 12.0. The van der Waals surface area contributed by atoms with Crippen LogP contribution in [0.4, 0.5) is 0 Å². The van der Waals surface area contributed by atoms with Gasteiger partial charge >= 0.3 is 12.8 Å². The second-order valence-corrected chi connectivity index (χ2v) is 7.00. The molecule has 15 heavy (non-hydrogen) atoms. The number of rotatable bonds is 6. The lowest BCUT2D eigenvalue weighted by atomic mass is 10.4. The van der Waals surface area contributed by atoms with Gasteiger partial charge in [0.2, 0.25) is 0 Å². The van der Waals surface area contributed by atoms with E-state index in [-0.39, 0.29) is 5.97 Å². The van der Waals surface area contributed by atoms with E-state index in [4.69, 9.17) is 13.8 Å². The van der Waals surface area contributed by atoms with Crippen molar-refractivity contribution in [1.82, 2.24) is 0 Å². The normalized spacial score (nSPS) is 21.7. The van der Waals surface area contributed by atoms with Gasteiger partial charge in [0, 0.05) is 6.42 Å². The predicted octanol–water partition coefficient (Wildman–Crippen LogP) is 2.22. The van der Waals surface area contributed by atoms with Gasteiger partial charge in [-0.15, -0.1) is 0 Å². The van der Waals surface area contributed by atoms with Crippen LogP contribution in [0.3, 0.4) is 0 Å². The maximum atomic E-state index is 12.0. The average Bonchev–Trinajstić information content (AvgIpc) is 2.52. The third-order valence-corrected chi connectivity index (χ3v) is 5.98. The molecule has 0 bridgehead atoms. The summed E-state index contributed by atoms with van der Waals surface area (Å²) in [6.07, 6.45) is 0.563. The van der Waals surface area contributed by atoms with Crippen molar-refractivity contribution in [2.75, 3.05) is 19.8 Å². The fraction of sp³-hybridized carbons (Fsp3) is 0.875. The van der Waals surface area contributed by atoms with Gasteiger partial charge in [-0.25, -0.2) is 4.57 Å². The third-order valence-electron chi connectivity index (χ3n) is 1.72. The van der Waals surface area contributed by atoms with Gasteiger partial charge < -0.3 is 13.8 Å². The Kier molecular flexibility index (Phi) is 5.12. The molecule has 1 unspecified atom stereocenters. The van der Waals surface area contributed by atoms with Crippen LogP contribution >= 0.6 is 18.2 Å². The van der Waals surface area contributed by atoms with E-state index >= 15 is 0 Å². The second-order valence-electron chi connectivity index (χ2n) is 2.83. The Hall–Kier alpha value is -0.0300. The molecule has 1 saturated heterocycles. The van der Waals surface area contributed by atoms with Crippen molar-refractivity contribution in [3.8, 4) is 0 Å². The van der Waals surface area contributed by atoms with Gasteiger partial charge in [-0.3, -0.25) is 4.79 Å². The SMILES string of the molecule is CCOP(=O)(OCC)SC1CCOC1=O. The first kappa shape index (κ1) is 13.0. The third kappa shape index (κ3) is 3.79. The number of ether oxygens (including phenoxy) is 1. The van der Waals surface area contributed by atoms with Gasteiger partial charge in [-0.2, -0.15) is 0 Å². The van der Waals surface area contributed by atoms with E-state index < -0.39 is 12.0 Å². The van der Waals surface area contributed by atoms with Crippen LogP contribution in [0.1, 0.15) is 20.3 Å². The van der Waals surface area contributed by atoms with Crippen molar-refractivity contribution in [3.05, 3.63) is 0 Å². The number of hydrogen-bond donors (Lipinski definition) is 0. The monoisotopic (exact) mass is 254 g/mol. The van der Waals surface area contributed by atoms with Crippen LogP contribution in [0, 0.1) is 0 Å². The number of carbonyl (C=O) groups is 1. The Morgan fingerprint density at radius 3 is 2.47 bits per heavy atom. The van der Waals surface area contributed by atoms with Crippen LogP contribution in [0.15, 0.2) is 0 Å². The number of cyclic esters (lactones) is 1. The van der Waals surface area contributed by atoms with Gasteiger partial charge in [0.1, 0.15) is 5.25 Å². The van der Waals surface area contributed by atoms with Crippen molar-refractivity contribution >= 4 is 24.1 Å². The van der Waals surface area contributed by atoms with E-state index in [1.54, 1.807) is 13.8 Å².